The molecule has 18 heavy (non-hydrogen) atoms. The Morgan fingerprint density at radius 1 is 1.11 bits per heavy atom. The molecule has 0 saturated carbocycles. The number of carbonyl (C=O) groups excluding carboxylic acids is 2. The third-order valence-corrected chi connectivity index (χ3v) is 2.28. The van der Waals surface area contributed by atoms with E-state index in [0.29, 0.717) is 13.0 Å². The molecule has 0 saturated heterocycles. The van der Waals surface area contributed by atoms with E-state index in [0.717, 1.165) is 0 Å². The highest BCUT2D eigenvalue weighted by Crippen LogP contribution is 2.10. The monoisotopic (exact) mass is 255 g/mol. The SMILES string of the molecule is CCOC(=O)C(CCn1cnnc1)C(=O)OCC. The van der Waals surface area contributed by atoms with Crippen LogP contribution in [0.15, 0.2) is 12.7 Å². The minimum Gasteiger partial charge on any atom is -0.465 e. The van der Waals surface area contributed by atoms with E-state index in [-0.39, 0.29) is 13.2 Å². The van der Waals surface area contributed by atoms with Crippen LogP contribution in [0.5, 0.6) is 0 Å². The number of aromatic nitrogens is 3. The molecule has 0 radical (unpaired) electrons. The van der Waals surface area contributed by atoms with Gasteiger partial charge in [-0.1, -0.05) is 0 Å². The molecule has 1 rings (SSSR count). The minimum atomic E-state index is -0.896. The first-order valence-corrected chi connectivity index (χ1v) is 5.84. The van der Waals surface area contributed by atoms with Crippen LogP contribution in [0, 0.1) is 5.92 Å². The van der Waals surface area contributed by atoms with Crippen molar-refractivity contribution in [3.63, 3.8) is 0 Å². The van der Waals surface area contributed by atoms with Crippen molar-refractivity contribution in [2.24, 2.45) is 5.92 Å². The van der Waals surface area contributed by atoms with Crippen LogP contribution in [0.4, 0.5) is 0 Å². The summed E-state index contributed by atoms with van der Waals surface area (Å²) in [6.07, 6.45) is 3.34. The fourth-order valence-corrected chi connectivity index (χ4v) is 1.43. The van der Waals surface area contributed by atoms with Crippen molar-refractivity contribution in [1.82, 2.24) is 14.8 Å². The molecule has 0 amide bonds. The zero-order valence-corrected chi connectivity index (χ0v) is 10.5. The number of ether oxygens (including phenoxy) is 2. The van der Waals surface area contributed by atoms with Crippen molar-refractivity contribution < 1.29 is 19.1 Å². The molecule has 1 heterocycles. The summed E-state index contributed by atoms with van der Waals surface area (Å²) < 4.78 is 11.4. The summed E-state index contributed by atoms with van der Waals surface area (Å²) in [6.45, 7) is 4.32. The van der Waals surface area contributed by atoms with E-state index in [9.17, 15) is 9.59 Å². The molecule has 1 aromatic rings. The Morgan fingerprint density at radius 3 is 2.06 bits per heavy atom. The third-order valence-electron chi connectivity index (χ3n) is 2.28. The molecular formula is C11H17N3O4. The van der Waals surface area contributed by atoms with Crippen molar-refractivity contribution in [2.75, 3.05) is 13.2 Å². The van der Waals surface area contributed by atoms with E-state index in [2.05, 4.69) is 10.2 Å². The molecule has 0 unspecified atom stereocenters. The van der Waals surface area contributed by atoms with E-state index < -0.39 is 17.9 Å². The van der Waals surface area contributed by atoms with Gasteiger partial charge in [-0.25, -0.2) is 0 Å². The van der Waals surface area contributed by atoms with Gasteiger partial charge >= 0.3 is 11.9 Å². The minimum absolute atomic E-state index is 0.237. The van der Waals surface area contributed by atoms with Crippen molar-refractivity contribution in [2.45, 2.75) is 26.8 Å². The molecule has 7 heteroatoms. The van der Waals surface area contributed by atoms with E-state index in [1.807, 2.05) is 0 Å². The molecule has 0 atom stereocenters. The summed E-state index contributed by atoms with van der Waals surface area (Å²) in [5, 5.41) is 7.29. The van der Waals surface area contributed by atoms with Crippen LogP contribution in [-0.2, 0) is 25.6 Å². The van der Waals surface area contributed by atoms with Gasteiger partial charge in [0.15, 0.2) is 5.92 Å². The maximum Gasteiger partial charge on any atom is 0.320 e. The number of nitrogens with zero attached hydrogens (tertiary/aromatic N) is 3. The van der Waals surface area contributed by atoms with Gasteiger partial charge < -0.3 is 14.0 Å². The Morgan fingerprint density at radius 2 is 1.61 bits per heavy atom. The lowest BCUT2D eigenvalue weighted by molar-refractivity contribution is -0.162. The zero-order valence-electron chi connectivity index (χ0n) is 10.5. The molecule has 0 aliphatic heterocycles. The number of hydrogen-bond donors (Lipinski definition) is 0. The number of aryl methyl sites for hydroxylation is 1. The van der Waals surface area contributed by atoms with Gasteiger partial charge in [-0.3, -0.25) is 9.59 Å². The lowest BCUT2D eigenvalue weighted by Crippen LogP contribution is -2.29. The van der Waals surface area contributed by atoms with Crippen LogP contribution in [-0.4, -0.2) is 39.9 Å². The Labute approximate surface area is 105 Å². The first kappa shape index (κ1) is 14.1. The smallest absolute Gasteiger partial charge is 0.320 e. The van der Waals surface area contributed by atoms with Gasteiger partial charge in [0.05, 0.1) is 13.2 Å². The highest BCUT2D eigenvalue weighted by Gasteiger charge is 2.29. The molecule has 0 fully saturated rings. The fourth-order valence-electron chi connectivity index (χ4n) is 1.43. The van der Waals surface area contributed by atoms with Gasteiger partial charge in [-0.2, -0.15) is 0 Å². The normalized spacial score (nSPS) is 10.4. The zero-order chi connectivity index (χ0) is 13.4. The molecule has 0 aliphatic carbocycles. The molecular weight excluding hydrogens is 238 g/mol. The lowest BCUT2D eigenvalue weighted by Gasteiger charge is -2.14. The maximum atomic E-state index is 11.7. The van der Waals surface area contributed by atoms with E-state index in [4.69, 9.17) is 9.47 Å². The van der Waals surface area contributed by atoms with Crippen LogP contribution < -0.4 is 0 Å². The lowest BCUT2D eigenvalue weighted by atomic mass is 10.1. The molecule has 1 aromatic heterocycles. The van der Waals surface area contributed by atoms with Gasteiger partial charge in [-0.15, -0.1) is 10.2 Å². The molecule has 0 aliphatic rings. The number of rotatable bonds is 7. The standard InChI is InChI=1S/C11H17N3O4/c1-3-17-10(15)9(11(16)18-4-2)5-6-14-7-12-13-8-14/h7-9H,3-6H2,1-2H3. The highest BCUT2D eigenvalue weighted by molar-refractivity contribution is 5.94. The van der Waals surface area contributed by atoms with Gasteiger partial charge in [0.2, 0.25) is 0 Å². The van der Waals surface area contributed by atoms with Gasteiger partial charge in [0, 0.05) is 6.54 Å². The predicted molar refractivity (Wildman–Crippen MR) is 61.4 cm³/mol. The first-order chi connectivity index (χ1) is 8.69. The molecule has 0 N–H and O–H groups in total. The van der Waals surface area contributed by atoms with Crippen molar-refractivity contribution in [1.29, 1.82) is 0 Å². The van der Waals surface area contributed by atoms with Gasteiger partial charge in [-0.05, 0) is 20.3 Å². The van der Waals surface area contributed by atoms with Crippen molar-refractivity contribution in [3.05, 3.63) is 12.7 Å². The van der Waals surface area contributed by atoms with Crippen molar-refractivity contribution >= 4 is 11.9 Å². The second-order valence-corrected chi connectivity index (χ2v) is 3.55. The summed E-state index contributed by atoms with van der Waals surface area (Å²) in [5.41, 5.74) is 0. The van der Waals surface area contributed by atoms with Crippen LogP contribution in [0.1, 0.15) is 20.3 Å². The van der Waals surface area contributed by atoms with E-state index in [1.165, 1.54) is 12.7 Å². The number of esters is 2. The Hall–Kier alpha value is -1.92. The van der Waals surface area contributed by atoms with Crippen LogP contribution >= 0.6 is 0 Å². The van der Waals surface area contributed by atoms with Crippen LogP contribution in [0.2, 0.25) is 0 Å². The summed E-state index contributed by atoms with van der Waals surface area (Å²) in [4.78, 5) is 23.3. The fraction of sp³-hybridized carbons (Fsp3) is 0.636. The van der Waals surface area contributed by atoms with E-state index in [1.54, 1.807) is 18.4 Å². The van der Waals surface area contributed by atoms with Gasteiger partial charge in [0.25, 0.3) is 0 Å². The first-order valence-electron chi connectivity index (χ1n) is 5.84. The summed E-state index contributed by atoms with van der Waals surface area (Å²) in [7, 11) is 0. The van der Waals surface area contributed by atoms with E-state index >= 15 is 0 Å². The number of carbonyl (C=O) groups is 2. The number of hydrogen-bond acceptors (Lipinski definition) is 6. The predicted octanol–water partition coefficient (Wildman–Crippen LogP) is 0.411. The second-order valence-electron chi connectivity index (χ2n) is 3.55. The summed E-state index contributed by atoms with van der Waals surface area (Å²) >= 11 is 0. The second kappa shape index (κ2) is 7.41. The average Bonchev–Trinajstić information content (AvgIpc) is 2.83. The largest absolute Gasteiger partial charge is 0.465 e. The Bertz CT molecular complexity index is 360. The Balaban J connectivity index is 2.59. The summed E-state index contributed by atoms with van der Waals surface area (Å²) in [5.74, 6) is -2.00. The molecule has 7 nitrogen and oxygen atoms in total. The molecule has 100 valence electrons. The maximum absolute atomic E-state index is 11.7. The highest BCUT2D eigenvalue weighted by atomic mass is 16.6. The molecule has 0 spiro atoms. The van der Waals surface area contributed by atoms with Gasteiger partial charge in [0.1, 0.15) is 12.7 Å². The average molecular weight is 255 g/mol. The molecule has 0 aromatic carbocycles. The Kier molecular flexibility index (Phi) is 5.83. The molecule has 0 bridgehead atoms. The third kappa shape index (κ3) is 4.15. The summed E-state index contributed by atoms with van der Waals surface area (Å²) in [6, 6.07) is 0. The van der Waals surface area contributed by atoms with Crippen LogP contribution in [0.3, 0.4) is 0 Å². The topological polar surface area (TPSA) is 83.3 Å². The van der Waals surface area contributed by atoms with Crippen molar-refractivity contribution in [3.8, 4) is 0 Å². The van der Waals surface area contributed by atoms with Crippen LogP contribution in [0.25, 0.3) is 0 Å². The quantitative estimate of drug-likeness (QED) is 0.518.